The van der Waals surface area contributed by atoms with E-state index >= 15 is 0 Å². The SMILES string of the molecule is CC#CCn1cccc(C#N)c1=O. The van der Waals surface area contributed by atoms with E-state index in [1.54, 1.807) is 19.2 Å². The minimum Gasteiger partial charge on any atom is -0.303 e. The Hall–Kier alpha value is -2.00. The van der Waals surface area contributed by atoms with Crippen LogP contribution in [0.3, 0.4) is 0 Å². The second-order valence-corrected chi connectivity index (χ2v) is 2.39. The molecule has 0 spiro atoms. The van der Waals surface area contributed by atoms with Gasteiger partial charge in [-0.3, -0.25) is 4.79 Å². The van der Waals surface area contributed by atoms with E-state index in [-0.39, 0.29) is 11.1 Å². The predicted molar refractivity (Wildman–Crippen MR) is 48.9 cm³/mol. The van der Waals surface area contributed by atoms with Gasteiger partial charge >= 0.3 is 0 Å². The summed E-state index contributed by atoms with van der Waals surface area (Å²) in [6, 6.07) is 4.99. The summed E-state index contributed by atoms with van der Waals surface area (Å²) in [5.74, 6) is 5.45. The molecule has 0 amide bonds. The molecule has 0 saturated carbocycles. The van der Waals surface area contributed by atoms with Crippen molar-refractivity contribution in [3.05, 3.63) is 34.2 Å². The summed E-state index contributed by atoms with van der Waals surface area (Å²) < 4.78 is 1.41. The molecule has 0 atom stereocenters. The Balaban J connectivity index is 3.16. The summed E-state index contributed by atoms with van der Waals surface area (Å²) in [6.07, 6.45) is 1.62. The normalized spacial score (nSPS) is 8.31. The van der Waals surface area contributed by atoms with E-state index in [0.29, 0.717) is 6.54 Å². The van der Waals surface area contributed by atoms with Crippen molar-refractivity contribution < 1.29 is 0 Å². The molecule has 1 heterocycles. The van der Waals surface area contributed by atoms with E-state index in [0.717, 1.165) is 0 Å². The minimum absolute atomic E-state index is 0.153. The molecule has 3 nitrogen and oxygen atoms in total. The standard InChI is InChI=1S/C10H8N2O/c1-2-3-6-12-7-4-5-9(8-11)10(12)13/h4-5,7H,6H2,1H3. The van der Waals surface area contributed by atoms with Crippen LogP contribution in [0.25, 0.3) is 0 Å². The predicted octanol–water partition coefficient (Wildman–Crippen LogP) is 0.743. The van der Waals surface area contributed by atoms with Gasteiger partial charge in [0, 0.05) is 6.20 Å². The van der Waals surface area contributed by atoms with Gasteiger partial charge in [-0.15, -0.1) is 5.92 Å². The number of pyridine rings is 1. The van der Waals surface area contributed by atoms with Crippen LogP contribution in [0.2, 0.25) is 0 Å². The van der Waals surface area contributed by atoms with Crippen molar-refractivity contribution in [1.29, 1.82) is 5.26 Å². The number of nitrogens with zero attached hydrogens (tertiary/aromatic N) is 2. The van der Waals surface area contributed by atoms with Crippen molar-refractivity contribution in [2.24, 2.45) is 0 Å². The summed E-state index contributed by atoms with van der Waals surface area (Å²) in [6.45, 7) is 2.05. The van der Waals surface area contributed by atoms with Gasteiger partial charge in [0.1, 0.15) is 11.6 Å². The third kappa shape index (κ3) is 1.98. The molecule has 0 aliphatic rings. The smallest absolute Gasteiger partial charge is 0.269 e. The molecule has 1 aromatic heterocycles. The maximum Gasteiger partial charge on any atom is 0.269 e. The molecule has 0 aliphatic heterocycles. The van der Waals surface area contributed by atoms with E-state index in [2.05, 4.69) is 11.8 Å². The highest BCUT2D eigenvalue weighted by Crippen LogP contribution is 1.88. The number of hydrogen-bond donors (Lipinski definition) is 0. The molecule has 3 heteroatoms. The van der Waals surface area contributed by atoms with Crippen molar-refractivity contribution in [3.8, 4) is 17.9 Å². The zero-order chi connectivity index (χ0) is 9.68. The quantitative estimate of drug-likeness (QED) is 0.586. The van der Waals surface area contributed by atoms with Crippen LogP contribution in [-0.2, 0) is 6.54 Å². The monoisotopic (exact) mass is 172 g/mol. The zero-order valence-electron chi connectivity index (χ0n) is 7.24. The maximum absolute atomic E-state index is 11.4. The van der Waals surface area contributed by atoms with Gasteiger partial charge in [0.2, 0.25) is 0 Å². The molecule has 0 radical (unpaired) electrons. The largest absolute Gasteiger partial charge is 0.303 e. The minimum atomic E-state index is -0.284. The van der Waals surface area contributed by atoms with Gasteiger partial charge < -0.3 is 4.57 Å². The Labute approximate surface area is 76.2 Å². The van der Waals surface area contributed by atoms with Crippen molar-refractivity contribution in [3.63, 3.8) is 0 Å². The first kappa shape index (κ1) is 9.09. The first-order valence-electron chi connectivity index (χ1n) is 3.78. The molecule has 0 aliphatic carbocycles. The van der Waals surface area contributed by atoms with Gasteiger partial charge in [-0.1, -0.05) is 5.92 Å². The van der Waals surface area contributed by atoms with E-state index < -0.39 is 0 Å². The summed E-state index contributed by atoms with van der Waals surface area (Å²) in [5.41, 5.74) is -0.131. The first-order chi connectivity index (χ1) is 6.29. The molecular weight excluding hydrogens is 164 g/mol. The molecule has 0 saturated heterocycles. The lowest BCUT2D eigenvalue weighted by molar-refractivity contribution is 0.792. The van der Waals surface area contributed by atoms with Crippen LogP contribution < -0.4 is 5.56 Å². The average Bonchev–Trinajstić information content (AvgIpc) is 2.16. The van der Waals surface area contributed by atoms with Crippen molar-refractivity contribution in [1.82, 2.24) is 4.57 Å². The second kappa shape index (κ2) is 4.13. The Morgan fingerprint density at radius 1 is 1.62 bits per heavy atom. The molecule has 0 unspecified atom stereocenters. The fourth-order valence-electron chi connectivity index (χ4n) is 0.911. The van der Waals surface area contributed by atoms with Crippen molar-refractivity contribution in [2.45, 2.75) is 13.5 Å². The highest BCUT2D eigenvalue weighted by Gasteiger charge is 1.99. The van der Waals surface area contributed by atoms with Gasteiger partial charge in [0.05, 0.1) is 6.54 Å². The number of rotatable bonds is 1. The number of hydrogen-bond acceptors (Lipinski definition) is 2. The Morgan fingerprint density at radius 3 is 3.00 bits per heavy atom. The van der Waals surface area contributed by atoms with Gasteiger partial charge in [-0.05, 0) is 19.1 Å². The lowest BCUT2D eigenvalue weighted by Crippen LogP contribution is -2.20. The van der Waals surface area contributed by atoms with Crippen LogP contribution in [-0.4, -0.2) is 4.57 Å². The third-order valence-corrected chi connectivity index (χ3v) is 1.57. The van der Waals surface area contributed by atoms with Gasteiger partial charge in [0.25, 0.3) is 5.56 Å². The molecule has 0 N–H and O–H groups in total. The first-order valence-corrected chi connectivity index (χ1v) is 3.78. The molecule has 1 rings (SSSR count). The van der Waals surface area contributed by atoms with Gasteiger partial charge in [-0.2, -0.15) is 5.26 Å². The van der Waals surface area contributed by atoms with Crippen LogP contribution in [0.5, 0.6) is 0 Å². The van der Waals surface area contributed by atoms with Gasteiger partial charge in [0.15, 0.2) is 0 Å². The molecule has 0 fully saturated rings. The zero-order valence-corrected chi connectivity index (χ0v) is 7.24. The highest BCUT2D eigenvalue weighted by molar-refractivity contribution is 5.25. The van der Waals surface area contributed by atoms with E-state index in [1.807, 2.05) is 6.07 Å². The lowest BCUT2D eigenvalue weighted by atomic mass is 10.3. The molecule has 64 valence electrons. The van der Waals surface area contributed by atoms with E-state index in [4.69, 9.17) is 5.26 Å². The molecule has 13 heavy (non-hydrogen) atoms. The molecular formula is C10H8N2O. The summed E-state index contributed by atoms with van der Waals surface area (Å²) >= 11 is 0. The topological polar surface area (TPSA) is 45.8 Å². The molecule has 0 aromatic carbocycles. The van der Waals surface area contributed by atoms with Crippen LogP contribution in [0.1, 0.15) is 12.5 Å². The lowest BCUT2D eigenvalue weighted by Gasteiger charge is -1.98. The Kier molecular flexibility index (Phi) is 2.89. The van der Waals surface area contributed by atoms with E-state index in [1.165, 1.54) is 10.6 Å². The van der Waals surface area contributed by atoms with Gasteiger partial charge in [-0.25, -0.2) is 0 Å². The summed E-state index contributed by atoms with van der Waals surface area (Å²) in [4.78, 5) is 11.4. The summed E-state index contributed by atoms with van der Waals surface area (Å²) in [7, 11) is 0. The third-order valence-electron chi connectivity index (χ3n) is 1.57. The fraction of sp³-hybridized carbons (Fsp3) is 0.200. The second-order valence-electron chi connectivity index (χ2n) is 2.39. The fourth-order valence-corrected chi connectivity index (χ4v) is 0.911. The van der Waals surface area contributed by atoms with Crippen molar-refractivity contribution >= 4 is 0 Å². The van der Waals surface area contributed by atoms with Crippen LogP contribution in [0.15, 0.2) is 23.1 Å². The Bertz CT molecular complexity index is 454. The number of nitriles is 1. The number of aromatic nitrogens is 1. The highest BCUT2D eigenvalue weighted by atomic mass is 16.1. The van der Waals surface area contributed by atoms with Crippen LogP contribution in [0, 0.1) is 23.2 Å². The van der Waals surface area contributed by atoms with Crippen LogP contribution >= 0.6 is 0 Å². The Morgan fingerprint density at radius 2 is 2.38 bits per heavy atom. The average molecular weight is 172 g/mol. The summed E-state index contributed by atoms with van der Waals surface area (Å²) in [5, 5.41) is 8.57. The van der Waals surface area contributed by atoms with Crippen molar-refractivity contribution in [2.75, 3.05) is 0 Å². The maximum atomic E-state index is 11.4. The molecule has 1 aromatic rings. The van der Waals surface area contributed by atoms with Crippen LogP contribution in [0.4, 0.5) is 0 Å². The molecule has 0 bridgehead atoms. The van der Waals surface area contributed by atoms with E-state index in [9.17, 15) is 4.79 Å².